The van der Waals surface area contributed by atoms with Crippen LogP contribution in [0.2, 0.25) is 5.02 Å². The summed E-state index contributed by atoms with van der Waals surface area (Å²) in [5, 5.41) is 23.3. The van der Waals surface area contributed by atoms with Crippen molar-refractivity contribution in [2.75, 3.05) is 18.5 Å². The number of carbonyl (C=O) groups is 1. The molecule has 2 heterocycles. The zero-order chi connectivity index (χ0) is 22.5. The average Bonchev–Trinajstić information content (AvgIpc) is 3.18. The SMILES string of the molecule is CC[C@@H](CO)Nc1ncc(C)c(-n2ccc(C(N)=O)c2[C@H](CO)c2cccc(Cl)c2)n1. The lowest BCUT2D eigenvalue weighted by molar-refractivity contribution is 0.0999. The molecule has 0 unspecified atom stereocenters. The molecule has 0 saturated heterocycles. The number of aliphatic hydroxyl groups excluding tert-OH is 2. The van der Waals surface area contributed by atoms with E-state index in [9.17, 15) is 15.0 Å². The normalized spacial score (nSPS) is 13.1. The van der Waals surface area contributed by atoms with Crippen molar-refractivity contribution < 1.29 is 15.0 Å². The Hall–Kier alpha value is -2.94. The van der Waals surface area contributed by atoms with Gasteiger partial charge in [-0.15, -0.1) is 0 Å². The molecule has 1 aromatic carbocycles. The van der Waals surface area contributed by atoms with E-state index in [4.69, 9.17) is 17.3 Å². The van der Waals surface area contributed by atoms with Gasteiger partial charge < -0.3 is 25.8 Å². The van der Waals surface area contributed by atoms with Gasteiger partial charge in [0.25, 0.3) is 5.91 Å². The number of carbonyl (C=O) groups excluding carboxylic acids is 1. The van der Waals surface area contributed by atoms with Crippen LogP contribution in [0, 0.1) is 6.92 Å². The molecule has 0 aliphatic heterocycles. The van der Waals surface area contributed by atoms with Crippen molar-refractivity contribution in [2.45, 2.75) is 32.2 Å². The van der Waals surface area contributed by atoms with E-state index >= 15 is 0 Å². The van der Waals surface area contributed by atoms with Crippen molar-refractivity contribution >= 4 is 23.5 Å². The molecule has 9 heteroatoms. The predicted molar refractivity (Wildman–Crippen MR) is 120 cm³/mol. The number of amides is 1. The lowest BCUT2D eigenvalue weighted by atomic mass is 9.93. The molecule has 0 aliphatic carbocycles. The number of aliphatic hydroxyl groups is 2. The Morgan fingerprint density at radius 1 is 1.29 bits per heavy atom. The van der Waals surface area contributed by atoms with E-state index < -0.39 is 11.8 Å². The Kier molecular flexibility index (Phi) is 7.27. The van der Waals surface area contributed by atoms with E-state index in [-0.39, 0.29) is 24.8 Å². The first-order valence-corrected chi connectivity index (χ1v) is 10.4. The molecule has 0 saturated carbocycles. The summed E-state index contributed by atoms with van der Waals surface area (Å²) in [6.07, 6.45) is 4.06. The number of aryl methyl sites for hydroxylation is 1. The highest BCUT2D eigenvalue weighted by molar-refractivity contribution is 6.30. The summed E-state index contributed by atoms with van der Waals surface area (Å²) in [7, 11) is 0. The van der Waals surface area contributed by atoms with Crippen LogP contribution in [0.3, 0.4) is 0 Å². The van der Waals surface area contributed by atoms with Crippen LogP contribution in [0.25, 0.3) is 5.82 Å². The van der Waals surface area contributed by atoms with Crippen LogP contribution in [0.4, 0.5) is 5.95 Å². The molecule has 0 fully saturated rings. The van der Waals surface area contributed by atoms with E-state index in [2.05, 4.69) is 15.3 Å². The molecular formula is C22H26ClN5O3. The van der Waals surface area contributed by atoms with Crippen molar-refractivity contribution in [1.82, 2.24) is 14.5 Å². The maximum absolute atomic E-state index is 12.2. The molecular weight excluding hydrogens is 418 g/mol. The molecule has 3 rings (SSSR count). The van der Waals surface area contributed by atoms with E-state index in [1.54, 1.807) is 41.2 Å². The van der Waals surface area contributed by atoms with Gasteiger partial charge in [0.05, 0.1) is 24.8 Å². The minimum atomic E-state index is -0.606. The number of halogens is 1. The van der Waals surface area contributed by atoms with Gasteiger partial charge in [-0.2, -0.15) is 4.98 Å². The van der Waals surface area contributed by atoms with Crippen molar-refractivity contribution in [3.63, 3.8) is 0 Å². The summed E-state index contributed by atoms with van der Waals surface area (Å²) in [5.41, 5.74) is 7.95. The van der Waals surface area contributed by atoms with Crippen LogP contribution in [-0.4, -0.2) is 49.9 Å². The quantitative estimate of drug-likeness (QED) is 0.402. The van der Waals surface area contributed by atoms with E-state index in [1.165, 1.54) is 0 Å². The maximum Gasteiger partial charge on any atom is 0.250 e. The van der Waals surface area contributed by atoms with E-state index in [1.807, 2.05) is 19.9 Å². The van der Waals surface area contributed by atoms with Gasteiger partial charge in [-0.1, -0.05) is 30.7 Å². The minimum Gasteiger partial charge on any atom is -0.395 e. The van der Waals surface area contributed by atoms with Crippen LogP contribution in [0.5, 0.6) is 0 Å². The highest BCUT2D eigenvalue weighted by atomic mass is 35.5. The van der Waals surface area contributed by atoms with Crippen molar-refractivity contribution in [3.8, 4) is 5.82 Å². The lowest BCUT2D eigenvalue weighted by Gasteiger charge is -2.21. The van der Waals surface area contributed by atoms with Crippen molar-refractivity contribution in [3.05, 3.63) is 70.1 Å². The van der Waals surface area contributed by atoms with Crippen molar-refractivity contribution in [2.24, 2.45) is 5.73 Å². The predicted octanol–water partition coefficient (Wildman–Crippen LogP) is 2.64. The Morgan fingerprint density at radius 2 is 2.06 bits per heavy atom. The van der Waals surface area contributed by atoms with Crippen LogP contribution < -0.4 is 11.1 Å². The van der Waals surface area contributed by atoms with Gasteiger partial charge in [0, 0.05) is 34.6 Å². The third-order valence-corrected chi connectivity index (χ3v) is 5.41. The fourth-order valence-electron chi connectivity index (χ4n) is 3.47. The second-order valence-electron chi connectivity index (χ2n) is 7.27. The second kappa shape index (κ2) is 9.91. The number of hydrogen-bond acceptors (Lipinski definition) is 6. The second-order valence-corrected chi connectivity index (χ2v) is 7.71. The van der Waals surface area contributed by atoms with Gasteiger partial charge in [-0.05, 0) is 37.1 Å². The Bertz CT molecular complexity index is 1070. The zero-order valence-corrected chi connectivity index (χ0v) is 18.2. The van der Waals surface area contributed by atoms with E-state index in [0.717, 1.165) is 11.1 Å². The molecule has 1 amide bonds. The first-order chi connectivity index (χ1) is 14.9. The molecule has 164 valence electrons. The molecule has 0 bridgehead atoms. The number of nitrogens with zero attached hydrogens (tertiary/aromatic N) is 3. The summed E-state index contributed by atoms with van der Waals surface area (Å²) in [4.78, 5) is 21.1. The molecule has 0 spiro atoms. The number of nitrogens with one attached hydrogen (secondary N) is 1. The van der Waals surface area contributed by atoms with E-state index in [0.29, 0.717) is 28.9 Å². The summed E-state index contributed by atoms with van der Waals surface area (Å²) < 4.78 is 1.74. The number of hydrogen-bond donors (Lipinski definition) is 4. The lowest BCUT2D eigenvalue weighted by Crippen LogP contribution is -2.24. The molecule has 0 radical (unpaired) electrons. The summed E-state index contributed by atoms with van der Waals surface area (Å²) in [6, 6.07) is 8.54. The van der Waals surface area contributed by atoms with Gasteiger partial charge in [0.2, 0.25) is 5.95 Å². The summed E-state index contributed by atoms with van der Waals surface area (Å²) in [5.74, 6) is -0.272. The number of primary amides is 1. The van der Waals surface area contributed by atoms with Gasteiger partial charge in [-0.25, -0.2) is 4.98 Å². The van der Waals surface area contributed by atoms with Crippen LogP contribution in [-0.2, 0) is 0 Å². The monoisotopic (exact) mass is 443 g/mol. The molecule has 31 heavy (non-hydrogen) atoms. The fourth-order valence-corrected chi connectivity index (χ4v) is 3.67. The minimum absolute atomic E-state index is 0.0506. The fraction of sp³-hybridized carbons (Fsp3) is 0.318. The van der Waals surface area contributed by atoms with Gasteiger partial charge in [0.15, 0.2) is 0 Å². The molecule has 8 nitrogen and oxygen atoms in total. The van der Waals surface area contributed by atoms with Crippen molar-refractivity contribution in [1.29, 1.82) is 0 Å². The first-order valence-electron chi connectivity index (χ1n) is 9.98. The standard InChI is InChI=1S/C22H26ClN5O3/c1-3-16(11-29)26-22-25-10-13(2)21(27-22)28-8-7-17(20(24)31)19(28)18(12-30)14-5-4-6-15(23)9-14/h4-10,16,18,29-30H,3,11-12H2,1-2H3,(H2,24,31)(H,25,26,27)/t16-,18+/m0/s1. The van der Waals surface area contributed by atoms with Gasteiger partial charge in [0.1, 0.15) is 5.82 Å². The Labute approximate surface area is 185 Å². The Balaban J connectivity index is 2.16. The van der Waals surface area contributed by atoms with Gasteiger partial charge in [-0.3, -0.25) is 4.79 Å². The zero-order valence-electron chi connectivity index (χ0n) is 17.4. The summed E-state index contributed by atoms with van der Waals surface area (Å²) >= 11 is 6.16. The number of anilines is 1. The average molecular weight is 444 g/mol. The topological polar surface area (TPSA) is 126 Å². The smallest absolute Gasteiger partial charge is 0.250 e. The molecule has 3 aromatic rings. The first kappa shape index (κ1) is 22.7. The molecule has 2 atom stereocenters. The molecule has 0 aliphatic rings. The Morgan fingerprint density at radius 3 is 2.68 bits per heavy atom. The van der Waals surface area contributed by atoms with Crippen LogP contribution >= 0.6 is 11.6 Å². The number of rotatable bonds is 9. The molecule has 5 N–H and O–H groups in total. The summed E-state index contributed by atoms with van der Waals surface area (Å²) in [6.45, 7) is 3.49. The number of aromatic nitrogens is 3. The molecule has 2 aromatic heterocycles. The number of benzene rings is 1. The third-order valence-electron chi connectivity index (χ3n) is 5.17. The van der Waals surface area contributed by atoms with Crippen LogP contribution in [0.1, 0.15) is 46.4 Å². The van der Waals surface area contributed by atoms with Gasteiger partial charge >= 0.3 is 0 Å². The van der Waals surface area contributed by atoms with Crippen LogP contribution in [0.15, 0.2) is 42.7 Å². The number of nitrogens with two attached hydrogens (primary N) is 1. The largest absolute Gasteiger partial charge is 0.395 e. The third kappa shape index (κ3) is 4.87. The maximum atomic E-state index is 12.2. The highest BCUT2D eigenvalue weighted by Crippen LogP contribution is 2.32. The highest BCUT2D eigenvalue weighted by Gasteiger charge is 2.26.